The van der Waals surface area contributed by atoms with E-state index in [1.807, 2.05) is 30.3 Å². The first-order chi connectivity index (χ1) is 10.1. The Labute approximate surface area is 125 Å². The molecule has 3 rings (SSSR count). The first-order valence-electron chi connectivity index (χ1n) is 6.08. The molecule has 2 N–H and O–H groups in total. The SMILES string of the molecule is NC(=O)c1cnn(-c2cc(Cl)nc(-c3ccccc3)n2)c1. The molecule has 3 aromatic rings. The average Bonchev–Trinajstić information content (AvgIpc) is 2.98. The lowest BCUT2D eigenvalue weighted by Gasteiger charge is -2.05. The van der Waals surface area contributed by atoms with E-state index in [1.54, 1.807) is 6.07 Å². The highest BCUT2D eigenvalue weighted by Crippen LogP contribution is 2.19. The van der Waals surface area contributed by atoms with Crippen LogP contribution in [0.3, 0.4) is 0 Å². The zero-order valence-corrected chi connectivity index (χ0v) is 11.5. The van der Waals surface area contributed by atoms with Crippen LogP contribution in [-0.4, -0.2) is 25.7 Å². The first kappa shape index (κ1) is 13.3. The van der Waals surface area contributed by atoms with Crippen molar-refractivity contribution in [1.82, 2.24) is 19.7 Å². The van der Waals surface area contributed by atoms with Gasteiger partial charge < -0.3 is 5.73 Å². The Bertz CT molecular complexity index is 800. The Kier molecular flexibility index (Phi) is 3.37. The van der Waals surface area contributed by atoms with Crippen molar-refractivity contribution < 1.29 is 4.79 Å². The van der Waals surface area contributed by atoms with Crippen LogP contribution in [0.5, 0.6) is 0 Å². The summed E-state index contributed by atoms with van der Waals surface area (Å²) in [6.07, 6.45) is 2.87. The number of primary amides is 1. The lowest BCUT2D eigenvalue weighted by Crippen LogP contribution is -2.09. The number of aromatic nitrogens is 4. The Morgan fingerprint density at radius 3 is 2.62 bits per heavy atom. The predicted molar refractivity (Wildman–Crippen MR) is 78.1 cm³/mol. The van der Waals surface area contributed by atoms with Gasteiger partial charge in [-0.3, -0.25) is 4.79 Å². The second-order valence-corrected chi connectivity index (χ2v) is 4.66. The minimum Gasteiger partial charge on any atom is -0.366 e. The van der Waals surface area contributed by atoms with Crippen molar-refractivity contribution in [3.63, 3.8) is 0 Å². The third-order valence-corrected chi connectivity index (χ3v) is 3.01. The minimum atomic E-state index is -0.551. The molecule has 0 saturated heterocycles. The molecule has 21 heavy (non-hydrogen) atoms. The van der Waals surface area contributed by atoms with E-state index >= 15 is 0 Å². The van der Waals surface area contributed by atoms with Gasteiger partial charge in [-0.2, -0.15) is 5.10 Å². The molecular formula is C14H10ClN5O. The average molecular weight is 300 g/mol. The topological polar surface area (TPSA) is 86.7 Å². The Balaban J connectivity index is 2.07. The molecule has 0 spiro atoms. The third kappa shape index (κ3) is 2.75. The molecule has 0 saturated carbocycles. The molecule has 104 valence electrons. The molecule has 0 aliphatic carbocycles. The van der Waals surface area contributed by atoms with Gasteiger partial charge in [-0.25, -0.2) is 14.6 Å². The fourth-order valence-corrected chi connectivity index (χ4v) is 1.99. The molecular weight excluding hydrogens is 290 g/mol. The summed E-state index contributed by atoms with van der Waals surface area (Å²) in [5.74, 6) is 0.389. The summed E-state index contributed by atoms with van der Waals surface area (Å²) in [6, 6.07) is 11.0. The fraction of sp³-hybridized carbons (Fsp3) is 0. The summed E-state index contributed by atoms with van der Waals surface area (Å²) >= 11 is 6.04. The van der Waals surface area contributed by atoms with Gasteiger partial charge in [-0.1, -0.05) is 41.9 Å². The quantitative estimate of drug-likeness (QED) is 0.750. The van der Waals surface area contributed by atoms with Gasteiger partial charge in [-0.05, 0) is 0 Å². The van der Waals surface area contributed by atoms with E-state index in [4.69, 9.17) is 17.3 Å². The molecule has 1 aromatic carbocycles. The summed E-state index contributed by atoms with van der Waals surface area (Å²) in [7, 11) is 0. The van der Waals surface area contributed by atoms with Gasteiger partial charge in [0.05, 0.1) is 11.8 Å². The normalized spacial score (nSPS) is 10.5. The minimum absolute atomic E-state index is 0.287. The molecule has 0 fully saturated rings. The summed E-state index contributed by atoms with van der Waals surface area (Å²) in [5, 5.41) is 4.34. The van der Waals surface area contributed by atoms with E-state index in [0.717, 1.165) is 5.56 Å². The van der Waals surface area contributed by atoms with Crippen LogP contribution >= 0.6 is 11.6 Å². The molecule has 0 aliphatic heterocycles. The highest BCUT2D eigenvalue weighted by Gasteiger charge is 2.10. The first-order valence-corrected chi connectivity index (χ1v) is 6.46. The number of benzene rings is 1. The number of amides is 1. The highest BCUT2D eigenvalue weighted by atomic mass is 35.5. The third-order valence-electron chi connectivity index (χ3n) is 2.82. The number of rotatable bonds is 3. The van der Waals surface area contributed by atoms with Gasteiger partial charge in [0.1, 0.15) is 5.15 Å². The van der Waals surface area contributed by atoms with Gasteiger partial charge in [0.2, 0.25) is 0 Å². The lowest BCUT2D eigenvalue weighted by molar-refractivity contribution is 0.100. The lowest BCUT2D eigenvalue weighted by atomic mass is 10.2. The van der Waals surface area contributed by atoms with Crippen LogP contribution in [0.4, 0.5) is 0 Å². The monoisotopic (exact) mass is 299 g/mol. The van der Waals surface area contributed by atoms with Crippen LogP contribution in [0.1, 0.15) is 10.4 Å². The number of halogens is 1. The number of nitrogens with two attached hydrogens (primary N) is 1. The van der Waals surface area contributed by atoms with Crippen molar-refractivity contribution in [1.29, 1.82) is 0 Å². The van der Waals surface area contributed by atoms with Crippen molar-refractivity contribution in [2.45, 2.75) is 0 Å². The molecule has 0 atom stereocenters. The van der Waals surface area contributed by atoms with Crippen LogP contribution < -0.4 is 5.73 Å². The maximum atomic E-state index is 11.1. The van der Waals surface area contributed by atoms with Crippen molar-refractivity contribution in [2.75, 3.05) is 0 Å². The predicted octanol–water partition coefficient (Wildman–Crippen LogP) is 2.08. The molecule has 0 aliphatic rings. The number of hydrogen-bond acceptors (Lipinski definition) is 4. The van der Waals surface area contributed by atoms with Crippen molar-refractivity contribution in [3.8, 4) is 17.2 Å². The smallest absolute Gasteiger partial charge is 0.251 e. The summed E-state index contributed by atoms with van der Waals surface area (Å²) in [6.45, 7) is 0. The molecule has 0 bridgehead atoms. The molecule has 2 heterocycles. The van der Waals surface area contributed by atoms with Crippen molar-refractivity contribution in [2.24, 2.45) is 5.73 Å². The van der Waals surface area contributed by atoms with Gasteiger partial charge in [0, 0.05) is 17.8 Å². The Morgan fingerprint density at radius 1 is 1.19 bits per heavy atom. The Morgan fingerprint density at radius 2 is 1.95 bits per heavy atom. The molecule has 2 aromatic heterocycles. The fourth-order valence-electron chi connectivity index (χ4n) is 1.81. The molecule has 1 amide bonds. The van der Waals surface area contributed by atoms with E-state index in [2.05, 4.69) is 15.1 Å². The maximum absolute atomic E-state index is 11.1. The van der Waals surface area contributed by atoms with Gasteiger partial charge >= 0.3 is 0 Å². The zero-order chi connectivity index (χ0) is 14.8. The summed E-state index contributed by atoms with van der Waals surface area (Å²) < 4.78 is 1.43. The molecule has 7 heteroatoms. The van der Waals surface area contributed by atoms with E-state index in [-0.39, 0.29) is 5.15 Å². The number of carbonyl (C=O) groups excluding carboxylic acids is 1. The van der Waals surface area contributed by atoms with Crippen molar-refractivity contribution >= 4 is 17.5 Å². The molecule has 6 nitrogen and oxygen atoms in total. The van der Waals surface area contributed by atoms with Gasteiger partial charge in [0.25, 0.3) is 5.91 Å². The second-order valence-electron chi connectivity index (χ2n) is 4.28. The van der Waals surface area contributed by atoms with Crippen molar-refractivity contribution in [3.05, 3.63) is 59.5 Å². The van der Waals surface area contributed by atoms with E-state index in [1.165, 1.54) is 17.1 Å². The van der Waals surface area contributed by atoms with Crippen LogP contribution in [0, 0.1) is 0 Å². The van der Waals surface area contributed by atoms with E-state index in [0.29, 0.717) is 17.2 Å². The van der Waals surface area contributed by atoms with E-state index in [9.17, 15) is 4.79 Å². The number of carbonyl (C=O) groups is 1. The summed E-state index contributed by atoms with van der Waals surface area (Å²) in [5.41, 5.74) is 6.34. The molecule has 0 unspecified atom stereocenters. The zero-order valence-electron chi connectivity index (χ0n) is 10.8. The standard InChI is InChI=1S/C14H10ClN5O/c15-11-6-12(20-8-10(7-17-20)13(16)21)19-14(18-11)9-4-2-1-3-5-9/h1-8H,(H2,16,21). The van der Waals surface area contributed by atoms with Gasteiger partial charge in [0.15, 0.2) is 11.6 Å². The highest BCUT2D eigenvalue weighted by molar-refractivity contribution is 6.29. The Hall–Kier alpha value is -2.73. The maximum Gasteiger partial charge on any atom is 0.251 e. The number of hydrogen-bond donors (Lipinski definition) is 1. The number of nitrogens with zero attached hydrogens (tertiary/aromatic N) is 4. The van der Waals surface area contributed by atoms with E-state index < -0.39 is 5.91 Å². The molecule has 0 radical (unpaired) electrons. The van der Waals surface area contributed by atoms with Gasteiger partial charge in [-0.15, -0.1) is 0 Å². The second kappa shape index (κ2) is 5.34. The van der Waals surface area contributed by atoms with Crippen LogP contribution in [0.2, 0.25) is 5.15 Å². The van der Waals surface area contributed by atoms with Crippen LogP contribution in [0.25, 0.3) is 17.2 Å². The summed E-state index contributed by atoms with van der Waals surface area (Å²) in [4.78, 5) is 19.7. The largest absolute Gasteiger partial charge is 0.366 e. The van der Waals surface area contributed by atoms with Crippen LogP contribution in [-0.2, 0) is 0 Å². The van der Waals surface area contributed by atoms with Crippen LogP contribution in [0.15, 0.2) is 48.8 Å².